The van der Waals surface area contributed by atoms with E-state index in [2.05, 4.69) is 46.2 Å². The number of quaternary nitrogens is 1. The van der Waals surface area contributed by atoms with E-state index in [1.165, 1.54) is 12.6 Å². The van der Waals surface area contributed by atoms with Crippen LogP contribution in [0.5, 0.6) is 0 Å². The third-order valence-electron chi connectivity index (χ3n) is 0. The van der Waals surface area contributed by atoms with Crippen molar-refractivity contribution in [2.24, 2.45) is 0 Å². The summed E-state index contributed by atoms with van der Waals surface area (Å²) in [5.41, 5.74) is 1.17. The molecule has 0 saturated heterocycles. The molecule has 0 spiro atoms. The summed E-state index contributed by atoms with van der Waals surface area (Å²) in [6.45, 7) is 12.0. The fraction of sp³-hybridized carbons (Fsp3) is 0.700. The first kappa shape index (κ1) is 17.3. The summed E-state index contributed by atoms with van der Waals surface area (Å²) in [5.74, 6) is 0. The zero-order valence-electron chi connectivity index (χ0n) is 9.68. The molecule has 0 radical (unpaired) electrons. The van der Waals surface area contributed by atoms with Crippen molar-refractivity contribution in [3.05, 3.63) is 17.0 Å². The first-order valence-electron chi connectivity index (χ1n) is 3.85. The lowest BCUT2D eigenvalue weighted by Crippen LogP contribution is -2.27. The Kier molecular flexibility index (Phi) is 14.7. The Morgan fingerprint density at radius 1 is 1.17 bits per heavy atom. The number of hydrogen-bond acceptors (Lipinski definition) is 0. The van der Waals surface area contributed by atoms with Gasteiger partial charge in [-0.1, -0.05) is 10.4 Å². The van der Waals surface area contributed by atoms with E-state index >= 15 is 0 Å². The maximum Gasteiger partial charge on any atom is 0.257 e. The molecule has 0 rings (SSSR count). The normalized spacial score (nSPS) is 7.83. The van der Waals surface area contributed by atoms with Gasteiger partial charge in [0.05, 0.1) is 28.2 Å². The minimum absolute atomic E-state index is 1.00. The lowest BCUT2D eigenvalue weighted by Gasteiger charge is -2.14. The molecule has 72 valence electrons. The van der Waals surface area contributed by atoms with Crippen LogP contribution in [0.4, 0.5) is 0 Å². The van der Waals surface area contributed by atoms with Crippen molar-refractivity contribution in [1.82, 2.24) is 0 Å². The van der Waals surface area contributed by atoms with Gasteiger partial charge in [-0.05, 0) is 13.8 Å². The van der Waals surface area contributed by atoms with Crippen molar-refractivity contribution in [3.8, 4) is 6.57 Å². The van der Waals surface area contributed by atoms with E-state index in [1.807, 2.05) is 13.8 Å². The van der Waals surface area contributed by atoms with Crippen molar-refractivity contribution in [3.63, 3.8) is 0 Å². The lowest BCUT2D eigenvalue weighted by molar-refractivity contribution is -0.849. The molecule has 0 amide bonds. The molecular formula is C10H24N2+2. The van der Waals surface area contributed by atoms with Gasteiger partial charge in [0.1, 0.15) is 0 Å². The maximum atomic E-state index is 4.47. The van der Waals surface area contributed by atoms with Crippen LogP contribution in [0.15, 0.2) is 12.2 Å². The van der Waals surface area contributed by atoms with Crippen LogP contribution in [0.2, 0.25) is 0 Å². The van der Waals surface area contributed by atoms with Crippen molar-refractivity contribution < 1.29 is 4.48 Å². The van der Waals surface area contributed by atoms with Crippen molar-refractivity contribution in [2.45, 2.75) is 13.8 Å². The van der Waals surface area contributed by atoms with E-state index in [0.717, 1.165) is 4.48 Å². The Bertz CT molecular complexity index is 125. The second-order valence-corrected chi connectivity index (χ2v) is 4.15. The Morgan fingerprint density at radius 2 is 1.17 bits per heavy atom. The first-order chi connectivity index (χ1) is 5.15. The topological polar surface area (TPSA) is 4.36 Å². The van der Waals surface area contributed by atoms with Gasteiger partial charge in [-0.25, -0.2) is 0 Å². The molecule has 0 bridgehead atoms. The highest BCUT2D eigenvalue weighted by Crippen LogP contribution is 1.74. The fourth-order valence-corrected chi connectivity index (χ4v) is 0. The summed E-state index contributed by atoms with van der Waals surface area (Å²) in [7, 11) is 10.0. The molecule has 0 aromatic rings. The zero-order chi connectivity index (χ0) is 10.8. The summed E-state index contributed by atoms with van der Waals surface area (Å²) >= 11 is 0. The monoisotopic (exact) mass is 172 g/mol. The standard InChI is InChI=1S/C4H12N.C4H8.C2H4N/c1-5(2,3)4;1-4(2)3;1-3-2/h1-4H3;1H2,2-3H3;1H,2H3/q+1;;+1. The molecule has 12 heavy (non-hydrogen) atoms. The van der Waals surface area contributed by atoms with Crippen LogP contribution in [0, 0.1) is 6.57 Å². The molecule has 0 atom stereocenters. The number of rotatable bonds is 0. The molecule has 0 saturated carbocycles. The molecule has 0 aromatic carbocycles. The summed E-state index contributed by atoms with van der Waals surface area (Å²) in [4.78, 5) is 3.00. The van der Waals surface area contributed by atoms with Crippen molar-refractivity contribution in [1.29, 1.82) is 0 Å². The van der Waals surface area contributed by atoms with E-state index in [1.54, 1.807) is 0 Å². The highest BCUT2D eigenvalue weighted by atomic mass is 15.2. The van der Waals surface area contributed by atoms with Gasteiger partial charge in [-0.3, -0.25) is 0 Å². The van der Waals surface area contributed by atoms with Gasteiger partial charge in [-0.2, -0.15) is 0 Å². The molecule has 0 aliphatic carbocycles. The Hall–Kier alpha value is -0.810. The average Bonchev–Trinajstić information content (AvgIpc) is 1.56. The van der Waals surface area contributed by atoms with Crippen LogP contribution in [-0.2, 0) is 0 Å². The van der Waals surface area contributed by atoms with Crippen molar-refractivity contribution in [2.75, 3.05) is 35.2 Å². The molecule has 0 unspecified atom stereocenters. The van der Waals surface area contributed by atoms with Gasteiger partial charge in [0.25, 0.3) is 13.6 Å². The van der Waals surface area contributed by atoms with Gasteiger partial charge in [0, 0.05) is 0 Å². The van der Waals surface area contributed by atoms with Crippen LogP contribution in [0.1, 0.15) is 13.8 Å². The zero-order valence-corrected chi connectivity index (χ0v) is 9.68. The number of allylic oxidation sites excluding steroid dienone is 1. The molecule has 0 aliphatic rings. The van der Waals surface area contributed by atoms with Gasteiger partial charge in [0.2, 0.25) is 0 Å². The molecular weight excluding hydrogens is 148 g/mol. The predicted octanol–water partition coefficient (Wildman–Crippen LogP) is 2.48. The molecule has 2 nitrogen and oxygen atoms in total. The molecule has 0 aliphatic heterocycles. The molecule has 2 heteroatoms. The number of nitrogens with zero attached hydrogens (tertiary/aromatic N) is 2. The van der Waals surface area contributed by atoms with E-state index in [-0.39, 0.29) is 0 Å². The summed E-state index contributed by atoms with van der Waals surface area (Å²) < 4.78 is 1.00. The molecule has 0 heterocycles. The summed E-state index contributed by atoms with van der Waals surface area (Å²) in [6, 6.07) is 0. The third-order valence-corrected chi connectivity index (χ3v) is 0. The van der Waals surface area contributed by atoms with Crippen LogP contribution in [0.25, 0.3) is 4.85 Å². The van der Waals surface area contributed by atoms with Crippen LogP contribution in [-0.4, -0.2) is 39.7 Å². The Balaban J connectivity index is -0.000000105. The molecule has 0 fully saturated rings. The van der Waals surface area contributed by atoms with Gasteiger partial charge < -0.3 is 4.48 Å². The molecule has 0 N–H and O–H groups in total. The summed E-state index contributed by atoms with van der Waals surface area (Å²) in [5, 5.41) is 0. The van der Waals surface area contributed by atoms with Gasteiger partial charge in [0.15, 0.2) is 0 Å². The second kappa shape index (κ2) is 10.2. The Morgan fingerprint density at radius 3 is 1.17 bits per heavy atom. The van der Waals surface area contributed by atoms with E-state index in [9.17, 15) is 0 Å². The second-order valence-electron chi connectivity index (χ2n) is 4.15. The quantitative estimate of drug-likeness (QED) is 0.390. The van der Waals surface area contributed by atoms with Crippen LogP contribution < -0.4 is 0 Å². The molecule has 0 aromatic heterocycles. The minimum atomic E-state index is 1.00. The minimum Gasteiger partial charge on any atom is -0.333 e. The SMILES string of the molecule is C#[N+]C.C=C(C)C.C[N+](C)(C)C. The fourth-order valence-electron chi connectivity index (χ4n) is 0. The predicted molar refractivity (Wildman–Crippen MR) is 58.7 cm³/mol. The van der Waals surface area contributed by atoms with E-state index in [4.69, 9.17) is 0 Å². The maximum absolute atomic E-state index is 4.47. The smallest absolute Gasteiger partial charge is 0.257 e. The first-order valence-corrected chi connectivity index (χ1v) is 3.85. The van der Waals surface area contributed by atoms with Gasteiger partial charge >= 0.3 is 0 Å². The largest absolute Gasteiger partial charge is 0.333 e. The highest BCUT2D eigenvalue weighted by molar-refractivity contribution is 4.78. The third kappa shape index (κ3) is 940. The van der Waals surface area contributed by atoms with Crippen molar-refractivity contribution >= 4 is 0 Å². The Labute approximate surface area is 77.9 Å². The lowest BCUT2D eigenvalue weighted by atomic mass is 10.4. The van der Waals surface area contributed by atoms with E-state index < -0.39 is 0 Å². The van der Waals surface area contributed by atoms with Crippen LogP contribution >= 0.6 is 0 Å². The highest BCUT2D eigenvalue weighted by Gasteiger charge is 1.88. The van der Waals surface area contributed by atoms with Gasteiger partial charge in [-0.15, -0.1) is 6.58 Å². The average molecular weight is 172 g/mol. The van der Waals surface area contributed by atoms with E-state index in [0.29, 0.717) is 0 Å². The summed E-state index contributed by atoms with van der Waals surface area (Å²) in [6.07, 6.45) is 0. The van der Waals surface area contributed by atoms with Crippen LogP contribution in [0.3, 0.4) is 0 Å². The number of hydrogen-bond donors (Lipinski definition) is 0.